The van der Waals surface area contributed by atoms with Gasteiger partial charge in [0.2, 0.25) is 5.91 Å². The van der Waals surface area contributed by atoms with E-state index in [2.05, 4.69) is 41.8 Å². The molecule has 2 aliphatic rings. The second-order valence-corrected chi connectivity index (χ2v) is 8.31. The third kappa shape index (κ3) is 4.77. The first-order valence-corrected chi connectivity index (χ1v) is 10.8. The van der Waals surface area contributed by atoms with Crippen LogP contribution in [0.3, 0.4) is 0 Å². The highest BCUT2D eigenvalue weighted by Crippen LogP contribution is 2.33. The minimum atomic E-state index is 0. The number of thioether (sulfide) groups is 1. The molecule has 0 aromatic heterocycles. The molecule has 0 saturated carbocycles. The Balaban J connectivity index is 0.00000240. The van der Waals surface area contributed by atoms with Crippen LogP contribution in [0.1, 0.15) is 40.9 Å². The number of nitrogens with one attached hydrogen (secondary N) is 2. The quantitative estimate of drug-likeness (QED) is 0.773. The molecule has 2 aliphatic heterocycles. The molecule has 4 rings (SSSR count). The number of anilines is 1. The van der Waals surface area contributed by atoms with E-state index >= 15 is 0 Å². The maximum atomic E-state index is 13.3. The van der Waals surface area contributed by atoms with Gasteiger partial charge in [-0.1, -0.05) is 31.2 Å². The number of halogens is 1. The fourth-order valence-corrected chi connectivity index (χ4v) is 4.68. The van der Waals surface area contributed by atoms with E-state index in [1.165, 1.54) is 5.56 Å². The number of amides is 2. The van der Waals surface area contributed by atoms with Gasteiger partial charge in [-0.2, -0.15) is 0 Å². The number of nitrogens with zero attached hydrogens (tertiary/aromatic N) is 1. The summed E-state index contributed by atoms with van der Waals surface area (Å²) in [4.78, 5) is 28.2. The van der Waals surface area contributed by atoms with Crippen molar-refractivity contribution in [2.45, 2.75) is 30.7 Å². The van der Waals surface area contributed by atoms with Crippen molar-refractivity contribution in [3.63, 3.8) is 0 Å². The van der Waals surface area contributed by atoms with Crippen molar-refractivity contribution in [2.75, 3.05) is 30.7 Å². The SMILES string of the molecule is CCc1ccc(C2CNCCN2C(=O)c2ccc3c(c2)NC(=O)CCS3)cc1.Cl. The van der Waals surface area contributed by atoms with E-state index in [-0.39, 0.29) is 30.3 Å². The second-order valence-electron chi connectivity index (χ2n) is 7.17. The summed E-state index contributed by atoms with van der Waals surface area (Å²) < 4.78 is 0. The van der Waals surface area contributed by atoms with Crippen molar-refractivity contribution in [3.05, 3.63) is 59.2 Å². The monoisotopic (exact) mass is 431 g/mol. The third-order valence-corrected chi connectivity index (χ3v) is 6.44. The van der Waals surface area contributed by atoms with Crippen molar-refractivity contribution >= 4 is 41.7 Å². The van der Waals surface area contributed by atoms with Gasteiger partial charge in [-0.15, -0.1) is 24.2 Å². The van der Waals surface area contributed by atoms with Crippen LogP contribution in [0.15, 0.2) is 47.4 Å². The molecule has 7 heteroatoms. The molecule has 0 spiro atoms. The fraction of sp³-hybridized carbons (Fsp3) is 0.364. The number of carbonyl (C=O) groups excluding carboxylic acids is 2. The molecule has 2 aromatic carbocycles. The van der Waals surface area contributed by atoms with E-state index in [1.54, 1.807) is 11.8 Å². The maximum absolute atomic E-state index is 13.3. The van der Waals surface area contributed by atoms with Gasteiger partial charge in [0.05, 0.1) is 11.7 Å². The maximum Gasteiger partial charge on any atom is 0.254 e. The number of carbonyl (C=O) groups is 2. The summed E-state index contributed by atoms with van der Waals surface area (Å²) in [6, 6.07) is 14.2. The first kappa shape index (κ1) is 21.7. The molecule has 0 bridgehead atoms. The summed E-state index contributed by atoms with van der Waals surface area (Å²) in [7, 11) is 0. The molecule has 2 heterocycles. The largest absolute Gasteiger partial charge is 0.329 e. The molecule has 0 radical (unpaired) electrons. The Bertz CT molecular complexity index is 888. The summed E-state index contributed by atoms with van der Waals surface area (Å²) in [5.74, 6) is 0.781. The van der Waals surface area contributed by atoms with Crippen LogP contribution in [0.4, 0.5) is 5.69 Å². The number of fused-ring (bicyclic) bond motifs is 1. The molecule has 2 amide bonds. The normalized spacial score (nSPS) is 18.9. The van der Waals surface area contributed by atoms with E-state index in [0.29, 0.717) is 18.5 Å². The van der Waals surface area contributed by atoms with Gasteiger partial charge >= 0.3 is 0 Å². The topological polar surface area (TPSA) is 61.4 Å². The highest BCUT2D eigenvalue weighted by atomic mass is 35.5. The molecule has 29 heavy (non-hydrogen) atoms. The zero-order valence-electron chi connectivity index (χ0n) is 16.4. The van der Waals surface area contributed by atoms with E-state index in [9.17, 15) is 9.59 Å². The highest BCUT2D eigenvalue weighted by Gasteiger charge is 2.29. The zero-order valence-corrected chi connectivity index (χ0v) is 18.1. The van der Waals surface area contributed by atoms with Gasteiger partial charge in [0.1, 0.15) is 0 Å². The second kappa shape index (κ2) is 9.65. The number of piperazine rings is 1. The van der Waals surface area contributed by atoms with Crippen LogP contribution in [-0.2, 0) is 11.2 Å². The first-order chi connectivity index (χ1) is 13.7. The van der Waals surface area contributed by atoms with E-state index in [1.807, 2.05) is 23.1 Å². The minimum Gasteiger partial charge on any atom is -0.329 e. The van der Waals surface area contributed by atoms with Crippen LogP contribution < -0.4 is 10.6 Å². The molecule has 1 fully saturated rings. The highest BCUT2D eigenvalue weighted by molar-refractivity contribution is 7.99. The molecular weight excluding hydrogens is 406 g/mol. The van der Waals surface area contributed by atoms with Crippen LogP contribution >= 0.6 is 24.2 Å². The Labute approximate surface area is 182 Å². The molecule has 1 saturated heterocycles. The van der Waals surface area contributed by atoms with Gasteiger partial charge in [0.25, 0.3) is 5.91 Å². The van der Waals surface area contributed by atoms with Crippen LogP contribution in [0, 0.1) is 0 Å². The van der Waals surface area contributed by atoms with Gasteiger partial charge in [-0.05, 0) is 35.7 Å². The van der Waals surface area contributed by atoms with Crippen LogP contribution in [0.5, 0.6) is 0 Å². The van der Waals surface area contributed by atoms with E-state index < -0.39 is 0 Å². The van der Waals surface area contributed by atoms with Crippen molar-refractivity contribution in [3.8, 4) is 0 Å². The Hall–Kier alpha value is -2.02. The number of hydrogen-bond acceptors (Lipinski definition) is 4. The van der Waals surface area contributed by atoms with Crippen molar-refractivity contribution in [1.82, 2.24) is 10.2 Å². The summed E-state index contributed by atoms with van der Waals surface area (Å²) in [5.41, 5.74) is 3.82. The molecule has 5 nitrogen and oxygen atoms in total. The van der Waals surface area contributed by atoms with Crippen molar-refractivity contribution in [1.29, 1.82) is 0 Å². The first-order valence-electron chi connectivity index (χ1n) is 9.83. The summed E-state index contributed by atoms with van der Waals surface area (Å²) >= 11 is 1.65. The number of rotatable bonds is 3. The Kier molecular flexibility index (Phi) is 7.22. The molecule has 1 unspecified atom stereocenters. The van der Waals surface area contributed by atoms with Crippen molar-refractivity contribution < 1.29 is 9.59 Å². The zero-order chi connectivity index (χ0) is 19.5. The summed E-state index contributed by atoms with van der Waals surface area (Å²) in [6.07, 6.45) is 1.50. The Morgan fingerprint density at radius 2 is 2.00 bits per heavy atom. The molecular formula is C22H26ClN3O2S. The van der Waals surface area contributed by atoms with Gasteiger partial charge in [-0.25, -0.2) is 0 Å². The van der Waals surface area contributed by atoms with E-state index in [0.717, 1.165) is 41.4 Å². The van der Waals surface area contributed by atoms with Crippen LogP contribution in [-0.4, -0.2) is 42.1 Å². The molecule has 0 aliphatic carbocycles. The summed E-state index contributed by atoms with van der Waals surface area (Å²) in [6.45, 7) is 4.33. The van der Waals surface area contributed by atoms with Gasteiger partial charge < -0.3 is 15.5 Å². The average Bonchev–Trinajstić information content (AvgIpc) is 2.93. The number of benzene rings is 2. The molecule has 2 aromatic rings. The minimum absolute atomic E-state index is 0. The number of aryl methyl sites for hydroxylation is 1. The smallest absolute Gasteiger partial charge is 0.254 e. The average molecular weight is 432 g/mol. The third-order valence-electron chi connectivity index (χ3n) is 5.36. The Morgan fingerprint density at radius 3 is 2.76 bits per heavy atom. The van der Waals surface area contributed by atoms with Gasteiger partial charge in [-0.3, -0.25) is 9.59 Å². The van der Waals surface area contributed by atoms with Crippen LogP contribution in [0.25, 0.3) is 0 Å². The standard InChI is InChI=1S/C22H25N3O2S.ClH/c1-2-15-3-5-16(6-4-15)19-14-23-10-11-25(19)22(27)17-7-8-20-18(13-17)24-21(26)9-12-28-20;/h3-8,13,19,23H,2,9-12,14H2,1H3,(H,24,26);1H. The predicted molar refractivity (Wildman–Crippen MR) is 120 cm³/mol. The molecule has 154 valence electrons. The lowest BCUT2D eigenvalue weighted by molar-refractivity contribution is -0.115. The van der Waals surface area contributed by atoms with E-state index in [4.69, 9.17) is 0 Å². The molecule has 2 N–H and O–H groups in total. The van der Waals surface area contributed by atoms with Crippen LogP contribution in [0.2, 0.25) is 0 Å². The number of hydrogen-bond donors (Lipinski definition) is 2. The van der Waals surface area contributed by atoms with Gasteiger partial charge in [0, 0.05) is 42.3 Å². The predicted octanol–water partition coefficient (Wildman–Crippen LogP) is 3.89. The Morgan fingerprint density at radius 1 is 1.21 bits per heavy atom. The lowest BCUT2D eigenvalue weighted by Gasteiger charge is -2.37. The summed E-state index contributed by atoms with van der Waals surface area (Å²) in [5, 5.41) is 6.34. The van der Waals surface area contributed by atoms with Gasteiger partial charge in [0.15, 0.2) is 0 Å². The van der Waals surface area contributed by atoms with Crippen molar-refractivity contribution in [2.24, 2.45) is 0 Å². The fourth-order valence-electron chi connectivity index (χ4n) is 3.74. The molecule has 1 atom stereocenters. The lowest BCUT2D eigenvalue weighted by Crippen LogP contribution is -2.48. The lowest BCUT2D eigenvalue weighted by atomic mass is 10.00.